The topological polar surface area (TPSA) is 81.4 Å². The number of methoxy groups -OCH3 is 1. The summed E-state index contributed by atoms with van der Waals surface area (Å²) in [7, 11) is 1.62. The van der Waals surface area contributed by atoms with E-state index >= 15 is 0 Å². The minimum absolute atomic E-state index is 0.0159. The van der Waals surface area contributed by atoms with Gasteiger partial charge in [-0.2, -0.15) is 4.98 Å². The maximum absolute atomic E-state index is 13.1. The van der Waals surface area contributed by atoms with Crippen LogP contribution in [-0.2, 0) is 17.8 Å². The van der Waals surface area contributed by atoms with Crippen molar-refractivity contribution in [2.45, 2.75) is 25.8 Å². The van der Waals surface area contributed by atoms with Gasteiger partial charge in [-0.25, -0.2) is 0 Å². The van der Waals surface area contributed by atoms with Gasteiger partial charge < -0.3 is 14.2 Å². The first-order chi connectivity index (χ1) is 16.1. The Labute approximate surface area is 197 Å². The molecule has 8 heteroatoms. The van der Waals surface area contributed by atoms with Gasteiger partial charge in [0.25, 0.3) is 0 Å². The fourth-order valence-corrected chi connectivity index (χ4v) is 3.46. The summed E-state index contributed by atoms with van der Waals surface area (Å²) in [5, 5.41) is 4.66. The molecular formula is C25H23ClN4O3. The molecular weight excluding hydrogens is 440 g/mol. The standard InChI is InChI=1S/C25H23ClN4O3/c1-32-22-14-8-18(9-15-22)25-28-23(33-29-25)6-4-7-24(31)30(17-20-5-2-3-16-27-20)21-12-10-19(26)11-13-21/h2-3,5,8-16H,4,6-7,17H2,1H3. The lowest BCUT2D eigenvalue weighted by molar-refractivity contribution is -0.118. The number of amides is 1. The van der Waals surface area contributed by atoms with Crippen molar-refractivity contribution in [1.29, 1.82) is 0 Å². The van der Waals surface area contributed by atoms with Crippen LogP contribution in [0.3, 0.4) is 0 Å². The van der Waals surface area contributed by atoms with E-state index in [1.807, 2.05) is 54.6 Å². The number of hydrogen-bond acceptors (Lipinski definition) is 6. The third-order valence-corrected chi connectivity index (χ3v) is 5.34. The highest BCUT2D eigenvalue weighted by molar-refractivity contribution is 6.30. The van der Waals surface area contributed by atoms with Crippen LogP contribution in [0, 0.1) is 0 Å². The van der Waals surface area contributed by atoms with Crippen molar-refractivity contribution in [2.75, 3.05) is 12.0 Å². The van der Waals surface area contributed by atoms with E-state index in [0.29, 0.717) is 42.5 Å². The van der Waals surface area contributed by atoms with Gasteiger partial charge >= 0.3 is 0 Å². The molecule has 0 aliphatic heterocycles. The molecule has 0 unspecified atom stereocenters. The number of aryl methyl sites for hydroxylation is 1. The summed E-state index contributed by atoms with van der Waals surface area (Å²) in [6, 6.07) is 20.3. The second-order valence-corrected chi connectivity index (χ2v) is 7.81. The lowest BCUT2D eigenvalue weighted by Gasteiger charge is -2.22. The average molecular weight is 463 g/mol. The fraction of sp³-hybridized carbons (Fsp3) is 0.200. The summed E-state index contributed by atoms with van der Waals surface area (Å²) in [5.41, 5.74) is 2.42. The van der Waals surface area contributed by atoms with Crippen LogP contribution in [-0.4, -0.2) is 28.1 Å². The van der Waals surface area contributed by atoms with Gasteiger partial charge in [-0.1, -0.05) is 22.8 Å². The van der Waals surface area contributed by atoms with Crippen LogP contribution < -0.4 is 9.64 Å². The smallest absolute Gasteiger partial charge is 0.227 e. The molecule has 0 spiro atoms. The minimum Gasteiger partial charge on any atom is -0.497 e. The Bertz CT molecular complexity index is 1180. The second kappa shape index (κ2) is 10.7. The number of nitrogens with zero attached hydrogens (tertiary/aromatic N) is 4. The van der Waals surface area contributed by atoms with Crippen molar-refractivity contribution in [3.05, 3.63) is 89.5 Å². The van der Waals surface area contributed by atoms with Crippen LogP contribution in [0.15, 0.2) is 77.4 Å². The molecule has 2 aromatic heterocycles. The number of hydrogen-bond donors (Lipinski definition) is 0. The molecule has 2 heterocycles. The van der Waals surface area contributed by atoms with Gasteiger partial charge in [0.05, 0.1) is 19.3 Å². The van der Waals surface area contributed by atoms with Crippen LogP contribution in [0.4, 0.5) is 5.69 Å². The number of carbonyl (C=O) groups is 1. The third-order valence-electron chi connectivity index (χ3n) is 5.08. The van der Waals surface area contributed by atoms with Crippen LogP contribution in [0.2, 0.25) is 5.02 Å². The normalized spacial score (nSPS) is 10.7. The maximum atomic E-state index is 13.1. The molecule has 0 fully saturated rings. The zero-order valence-electron chi connectivity index (χ0n) is 18.1. The van der Waals surface area contributed by atoms with E-state index in [-0.39, 0.29) is 5.91 Å². The number of rotatable bonds is 9. The molecule has 1 amide bonds. The van der Waals surface area contributed by atoms with Gasteiger partial charge in [0.15, 0.2) is 0 Å². The van der Waals surface area contributed by atoms with Crippen molar-refractivity contribution >= 4 is 23.2 Å². The minimum atomic E-state index is -0.0159. The Hall–Kier alpha value is -3.71. The molecule has 2 aromatic carbocycles. The predicted molar refractivity (Wildman–Crippen MR) is 126 cm³/mol. The van der Waals surface area contributed by atoms with E-state index in [1.165, 1.54) is 0 Å². The number of aromatic nitrogens is 3. The van der Waals surface area contributed by atoms with Crippen LogP contribution in [0.5, 0.6) is 5.75 Å². The van der Waals surface area contributed by atoms with Gasteiger partial charge in [-0.15, -0.1) is 0 Å². The molecule has 0 saturated heterocycles. The third kappa shape index (κ3) is 5.96. The number of carbonyl (C=O) groups excluding carboxylic acids is 1. The van der Waals surface area contributed by atoms with Gasteiger partial charge in [0.2, 0.25) is 17.6 Å². The predicted octanol–water partition coefficient (Wildman–Crippen LogP) is 5.35. The molecule has 168 valence electrons. The Morgan fingerprint density at radius 1 is 1.06 bits per heavy atom. The van der Waals surface area contributed by atoms with Crippen LogP contribution in [0.25, 0.3) is 11.4 Å². The van der Waals surface area contributed by atoms with Crippen LogP contribution in [0.1, 0.15) is 24.4 Å². The number of pyridine rings is 1. The molecule has 0 bridgehead atoms. The zero-order valence-corrected chi connectivity index (χ0v) is 18.9. The van der Waals surface area contributed by atoms with Crippen molar-refractivity contribution in [3.8, 4) is 17.1 Å². The highest BCUT2D eigenvalue weighted by Crippen LogP contribution is 2.22. The van der Waals surface area contributed by atoms with Crippen molar-refractivity contribution in [2.24, 2.45) is 0 Å². The molecule has 4 aromatic rings. The van der Waals surface area contributed by atoms with Gasteiger partial charge in [-0.3, -0.25) is 9.78 Å². The highest BCUT2D eigenvalue weighted by Gasteiger charge is 2.18. The van der Waals surface area contributed by atoms with Gasteiger partial charge in [0, 0.05) is 35.3 Å². The summed E-state index contributed by atoms with van der Waals surface area (Å²) >= 11 is 6.02. The zero-order chi connectivity index (χ0) is 23.0. The van der Waals surface area contributed by atoms with Gasteiger partial charge in [0.1, 0.15) is 5.75 Å². The molecule has 0 aliphatic rings. The van der Waals surface area contributed by atoms with Crippen LogP contribution >= 0.6 is 11.6 Å². The maximum Gasteiger partial charge on any atom is 0.227 e. The molecule has 33 heavy (non-hydrogen) atoms. The summed E-state index contributed by atoms with van der Waals surface area (Å²) in [6.07, 6.45) is 3.13. The summed E-state index contributed by atoms with van der Waals surface area (Å²) in [5.74, 6) is 1.75. The lowest BCUT2D eigenvalue weighted by Crippen LogP contribution is -2.30. The molecule has 0 saturated carbocycles. The molecule has 0 radical (unpaired) electrons. The van der Waals surface area contributed by atoms with Crippen molar-refractivity contribution < 1.29 is 14.1 Å². The molecule has 0 aliphatic carbocycles. The lowest BCUT2D eigenvalue weighted by atomic mass is 10.2. The number of halogens is 1. The van der Waals surface area contributed by atoms with E-state index in [9.17, 15) is 4.79 Å². The fourth-order valence-electron chi connectivity index (χ4n) is 3.34. The quantitative estimate of drug-likeness (QED) is 0.333. The molecule has 4 rings (SSSR count). The van der Waals surface area contributed by atoms with Crippen molar-refractivity contribution in [1.82, 2.24) is 15.1 Å². The first-order valence-corrected chi connectivity index (χ1v) is 10.9. The second-order valence-electron chi connectivity index (χ2n) is 7.37. The Morgan fingerprint density at radius 3 is 2.55 bits per heavy atom. The molecule has 0 N–H and O–H groups in total. The Morgan fingerprint density at radius 2 is 1.85 bits per heavy atom. The summed E-state index contributed by atoms with van der Waals surface area (Å²) in [4.78, 5) is 23.6. The Balaban J connectivity index is 1.39. The average Bonchev–Trinajstić information content (AvgIpc) is 3.33. The monoisotopic (exact) mass is 462 g/mol. The van der Waals surface area contributed by atoms with Crippen molar-refractivity contribution in [3.63, 3.8) is 0 Å². The summed E-state index contributed by atoms with van der Waals surface area (Å²) in [6.45, 7) is 0.378. The molecule has 7 nitrogen and oxygen atoms in total. The first-order valence-electron chi connectivity index (χ1n) is 10.6. The van der Waals surface area contributed by atoms with E-state index in [4.69, 9.17) is 20.9 Å². The molecule has 0 atom stereocenters. The van der Waals surface area contributed by atoms with E-state index in [2.05, 4.69) is 15.1 Å². The highest BCUT2D eigenvalue weighted by atomic mass is 35.5. The number of benzene rings is 2. The van der Waals surface area contributed by atoms with Gasteiger partial charge in [-0.05, 0) is 67.1 Å². The van der Waals surface area contributed by atoms with E-state index < -0.39 is 0 Å². The van der Waals surface area contributed by atoms with E-state index in [0.717, 1.165) is 22.7 Å². The summed E-state index contributed by atoms with van der Waals surface area (Å²) < 4.78 is 10.5. The number of anilines is 1. The SMILES string of the molecule is COc1ccc(-c2noc(CCCC(=O)N(Cc3ccccn3)c3ccc(Cl)cc3)n2)cc1. The number of ether oxygens (including phenoxy) is 1. The largest absolute Gasteiger partial charge is 0.497 e. The van der Waals surface area contributed by atoms with E-state index in [1.54, 1.807) is 30.3 Å². The Kier molecular flexibility index (Phi) is 7.32. The first kappa shape index (κ1) is 22.5.